The van der Waals surface area contributed by atoms with Crippen LogP contribution in [-0.4, -0.2) is 25.8 Å². The number of fused-ring (bicyclic) bond motifs is 2. The molecule has 0 aliphatic carbocycles. The Morgan fingerprint density at radius 1 is 0.846 bits per heavy atom. The van der Waals surface area contributed by atoms with Gasteiger partial charge in [-0.25, -0.2) is 0 Å². The van der Waals surface area contributed by atoms with Gasteiger partial charge in [0, 0.05) is 36.8 Å². The third-order valence-electron chi connectivity index (χ3n) is 7.50. The molecule has 6 rings (SSSR count). The molecule has 0 radical (unpaired) electrons. The maximum absolute atomic E-state index is 12.8. The lowest BCUT2D eigenvalue weighted by Crippen LogP contribution is -2.35. The van der Waals surface area contributed by atoms with Gasteiger partial charge in [-0.15, -0.1) is 0 Å². The van der Waals surface area contributed by atoms with Gasteiger partial charge in [0.25, 0.3) is 5.91 Å². The van der Waals surface area contributed by atoms with E-state index in [0.29, 0.717) is 6.42 Å². The van der Waals surface area contributed by atoms with Crippen molar-refractivity contribution in [3.05, 3.63) is 120 Å². The highest BCUT2D eigenvalue weighted by Crippen LogP contribution is 2.38. The molecule has 4 aromatic carbocycles. The van der Waals surface area contributed by atoms with Crippen LogP contribution in [-0.2, 0) is 6.42 Å². The molecular weight excluding hydrogens is 488 g/mol. The number of benzene rings is 4. The van der Waals surface area contributed by atoms with E-state index in [1.165, 1.54) is 10.8 Å². The van der Waals surface area contributed by atoms with Crippen LogP contribution in [0.5, 0.6) is 11.5 Å². The maximum atomic E-state index is 12.8. The first-order valence-electron chi connectivity index (χ1n) is 13.1. The van der Waals surface area contributed by atoms with E-state index in [2.05, 4.69) is 78.8 Å². The van der Waals surface area contributed by atoms with E-state index in [9.17, 15) is 4.79 Å². The van der Waals surface area contributed by atoms with Crippen LogP contribution in [0, 0.1) is 0 Å². The monoisotopic (exact) mass is 518 g/mol. The number of para-hydroxylation sites is 1. The van der Waals surface area contributed by atoms with Crippen LogP contribution in [0.1, 0.15) is 34.7 Å². The molecule has 6 heteroatoms. The van der Waals surface area contributed by atoms with Crippen LogP contribution in [0.3, 0.4) is 0 Å². The molecule has 2 atom stereocenters. The summed E-state index contributed by atoms with van der Waals surface area (Å²) >= 11 is 0. The molecule has 6 nitrogen and oxygen atoms in total. The van der Waals surface area contributed by atoms with E-state index in [-0.39, 0.29) is 30.4 Å². The average molecular weight is 519 g/mol. The van der Waals surface area contributed by atoms with E-state index >= 15 is 0 Å². The number of carbonyl (C=O) groups excluding carboxylic acids is 1. The quantitative estimate of drug-likeness (QED) is 0.234. The summed E-state index contributed by atoms with van der Waals surface area (Å²) in [5.41, 5.74) is 2.98. The lowest BCUT2D eigenvalue weighted by molar-refractivity contribution is 0.0994. The molecular formula is C33H30N2O4. The van der Waals surface area contributed by atoms with Gasteiger partial charge >= 0.3 is 0 Å². The number of carbonyl (C=O) groups is 1. The number of rotatable bonds is 8. The first-order valence-corrected chi connectivity index (χ1v) is 13.1. The zero-order valence-electron chi connectivity index (χ0n) is 22.0. The van der Waals surface area contributed by atoms with E-state index in [1.54, 1.807) is 6.07 Å². The molecule has 196 valence electrons. The van der Waals surface area contributed by atoms with Crippen molar-refractivity contribution in [2.24, 2.45) is 0 Å². The number of likely N-dealkylation sites (N-methyl/N-ethyl adjacent to an activating group) is 1. The molecule has 0 fully saturated rings. The molecule has 0 saturated carbocycles. The lowest BCUT2D eigenvalue weighted by atomic mass is 9.87. The Labute approximate surface area is 227 Å². The molecule has 2 heterocycles. The molecule has 1 amide bonds. The van der Waals surface area contributed by atoms with Crippen LogP contribution in [0.25, 0.3) is 10.8 Å². The molecule has 2 unspecified atom stereocenters. The van der Waals surface area contributed by atoms with Gasteiger partial charge < -0.3 is 24.1 Å². The number of nitrogens with one attached hydrogen (secondary N) is 1. The summed E-state index contributed by atoms with van der Waals surface area (Å²) < 4.78 is 17.3. The largest absolute Gasteiger partial charge is 0.456 e. The third-order valence-corrected chi connectivity index (χ3v) is 7.50. The fourth-order valence-electron chi connectivity index (χ4n) is 5.15. The zero-order valence-corrected chi connectivity index (χ0v) is 22.0. The van der Waals surface area contributed by atoms with Gasteiger partial charge in [0.2, 0.25) is 6.79 Å². The van der Waals surface area contributed by atoms with Crippen LogP contribution < -0.4 is 19.7 Å². The molecule has 0 bridgehead atoms. The highest BCUT2D eigenvalue weighted by Gasteiger charge is 2.27. The van der Waals surface area contributed by atoms with Gasteiger partial charge in [-0.3, -0.25) is 4.79 Å². The Morgan fingerprint density at radius 2 is 1.62 bits per heavy atom. The molecule has 1 aliphatic heterocycles. The Balaban J connectivity index is 1.28. The van der Waals surface area contributed by atoms with E-state index in [1.807, 2.05) is 42.5 Å². The van der Waals surface area contributed by atoms with Crippen molar-refractivity contribution in [3.63, 3.8) is 0 Å². The molecule has 39 heavy (non-hydrogen) atoms. The number of ether oxygens (including phenoxy) is 2. The van der Waals surface area contributed by atoms with Gasteiger partial charge in [-0.1, -0.05) is 54.6 Å². The summed E-state index contributed by atoms with van der Waals surface area (Å²) in [6.45, 7) is 2.45. The van der Waals surface area contributed by atoms with Crippen LogP contribution in [0.4, 0.5) is 11.4 Å². The molecule has 1 N–H and O–H groups in total. The second-order valence-corrected chi connectivity index (χ2v) is 9.89. The Kier molecular flexibility index (Phi) is 6.68. The number of hydrogen-bond donors (Lipinski definition) is 1. The third kappa shape index (κ3) is 5.18. The van der Waals surface area contributed by atoms with E-state index < -0.39 is 0 Å². The highest BCUT2D eigenvalue weighted by molar-refractivity contribution is 6.02. The van der Waals surface area contributed by atoms with Crippen molar-refractivity contribution in [2.75, 3.05) is 24.1 Å². The van der Waals surface area contributed by atoms with E-state index in [4.69, 9.17) is 13.9 Å². The predicted octanol–water partition coefficient (Wildman–Crippen LogP) is 7.27. The van der Waals surface area contributed by atoms with Gasteiger partial charge in [-0.05, 0) is 71.8 Å². The van der Waals surface area contributed by atoms with Gasteiger partial charge in [0.15, 0.2) is 17.3 Å². The van der Waals surface area contributed by atoms with Gasteiger partial charge in [0.1, 0.15) is 5.76 Å². The number of nitrogens with zero attached hydrogens (tertiary/aromatic N) is 1. The van der Waals surface area contributed by atoms with Crippen molar-refractivity contribution in [1.82, 2.24) is 0 Å². The molecule has 1 aliphatic rings. The van der Waals surface area contributed by atoms with Crippen molar-refractivity contribution < 1.29 is 18.7 Å². The first kappa shape index (κ1) is 24.6. The standard InChI is InChI=1S/C33H30N2O4/c1-22(35(2)27-14-12-23-8-6-7-9-24(23)18-27)29(25-13-16-30-32(19-25)38-21-37-30)20-28-15-17-31(39-28)33(36)34-26-10-4-3-5-11-26/h3-19,22,29H,20-21H2,1-2H3,(H,34,36). The van der Waals surface area contributed by atoms with Gasteiger partial charge in [0.05, 0.1) is 0 Å². The number of furan rings is 1. The Bertz CT molecular complexity index is 1610. The van der Waals surface area contributed by atoms with Crippen LogP contribution in [0.15, 0.2) is 108 Å². The molecule has 5 aromatic rings. The summed E-state index contributed by atoms with van der Waals surface area (Å²) in [6.07, 6.45) is 0.608. The molecule has 1 aromatic heterocycles. The lowest BCUT2D eigenvalue weighted by Gasteiger charge is -2.34. The number of amides is 1. The smallest absolute Gasteiger partial charge is 0.291 e. The van der Waals surface area contributed by atoms with Crippen molar-refractivity contribution >= 4 is 28.1 Å². The summed E-state index contributed by atoms with van der Waals surface area (Å²) in [4.78, 5) is 15.1. The van der Waals surface area contributed by atoms with Crippen LogP contribution >= 0.6 is 0 Å². The minimum Gasteiger partial charge on any atom is -0.456 e. The summed E-state index contributed by atoms with van der Waals surface area (Å²) in [5.74, 6) is 2.32. The van der Waals surface area contributed by atoms with Gasteiger partial charge in [-0.2, -0.15) is 0 Å². The normalized spacial score (nSPS) is 13.7. The van der Waals surface area contributed by atoms with Crippen LogP contribution in [0.2, 0.25) is 0 Å². The van der Waals surface area contributed by atoms with Crippen molar-refractivity contribution in [2.45, 2.75) is 25.3 Å². The predicted molar refractivity (Wildman–Crippen MR) is 154 cm³/mol. The van der Waals surface area contributed by atoms with Crippen molar-refractivity contribution in [1.29, 1.82) is 0 Å². The molecule has 0 saturated heterocycles. The maximum Gasteiger partial charge on any atom is 0.291 e. The Hall–Kier alpha value is -4.71. The fraction of sp³-hybridized carbons (Fsp3) is 0.182. The summed E-state index contributed by atoms with van der Waals surface area (Å²) in [5, 5.41) is 5.31. The van der Waals surface area contributed by atoms with Crippen molar-refractivity contribution in [3.8, 4) is 11.5 Å². The zero-order chi connectivity index (χ0) is 26.8. The topological polar surface area (TPSA) is 63.9 Å². The fourth-order valence-corrected chi connectivity index (χ4v) is 5.15. The first-order chi connectivity index (χ1) is 19.0. The minimum absolute atomic E-state index is 0.0483. The average Bonchev–Trinajstić information content (AvgIpc) is 3.65. The summed E-state index contributed by atoms with van der Waals surface area (Å²) in [6, 6.07) is 34.1. The SMILES string of the molecule is CC(C(Cc1ccc(C(=O)Nc2ccccc2)o1)c1ccc2c(c1)OCO2)N(C)c1ccc2ccccc2c1. The minimum atomic E-state index is -0.270. The highest BCUT2D eigenvalue weighted by atomic mass is 16.7. The number of anilines is 2. The Morgan fingerprint density at radius 3 is 2.46 bits per heavy atom. The second kappa shape index (κ2) is 10.6. The van der Waals surface area contributed by atoms with E-state index in [0.717, 1.165) is 34.2 Å². The molecule has 0 spiro atoms. The summed E-state index contributed by atoms with van der Waals surface area (Å²) in [7, 11) is 2.12. The second-order valence-electron chi connectivity index (χ2n) is 9.89. The number of hydrogen-bond acceptors (Lipinski definition) is 5.